The van der Waals surface area contributed by atoms with Crippen LogP contribution in [-0.2, 0) is 13.6 Å². The Morgan fingerprint density at radius 1 is 1.29 bits per heavy atom. The molecule has 0 aromatic carbocycles. The molecule has 5 heteroatoms. The van der Waals surface area contributed by atoms with Crippen LogP contribution in [0.15, 0.2) is 0 Å². The van der Waals surface area contributed by atoms with Gasteiger partial charge in [0.1, 0.15) is 0 Å². The Morgan fingerprint density at radius 3 is 2.29 bits per heavy atom. The number of hydrogen-bond acceptors (Lipinski definition) is 4. The van der Waals surface area contributed by atoms with Crippen LogP contribution in [0.25, 0.3) is 0 Å². The van der Waals surface area contributed by atoms with E-state index >= 15 is 0 Å². The van der Waals surface area contributed by atoms with Gasteiger partial charge in [-0.2, -0.15) is 0 Å². The molecule has 0 saturated carbocycles. The van der Waals surface area contributed by atoms with Gasteiger partial charge in [0, 0.05) is 0 Å². The molecule has 0 saturated heterocycles. The Labute approximate surface area is 86.2 Å². The molecule has 0 radical (unpaired) electrons. The standard InChI is InChI=1S/C9H21O4P/c1-5-6-7-8-12-14(10,11)13-9(2,3)4/h5-8H2,1-4H3,(H,10,11)/p-1. The highest BCUT2D eigenvalue weighted by atomic mass is 31.2. The van der Waals surface area contributed by atoms with E-state index in [4.69, 9.17) is 4.52 Å². The predicted octanol–water partition coefficient (Wildman–Crippen LogP) is 2.48. The van der Waals surface area contributed by atoms with E-state index in [0.29, 0.717) is 0 Å². The average Bonchev–Trinajstić information content (AvgIpc) is 1.93. The molecule has 0 aliphatic heterocycles. The number of phosphoric ester groups is 1. The SMILES string of the molecule is CCCCCOP(=O)([O-])OC(C)(C)C. The third-order valence-electron chi connectivity index (χ3n) is 1.38. The largest absolute Gasteiger partial charge is 0.756 e. The fraction of sp³-hybridized carbons (Fsp3) is 1.00. The molecule has 86 valence electrons. The van der Waals surface area contributed by atoms with Gasteiger partial charge in [-0.3, -0.25) is 4.57 Å². The summed E-state index contributed by atoms with van der Waals surface area (Å²) in [5, 5.41) is 0. The zero-order chi connectivity index (χ0) is 11.2. The smallest absolute Gasteiger partial charge is 0.268 e. The Hall–Kier alpha value is 0.110. The van der Waals surface area contributed by atoms with Crippen molar-refractivity contribution in [3.8, 4) is 0 Å². The van der Waals surface area contributed by atoms with Crippen LogP contribution in [0.4, 0.5) is 0 Å². The van der Waals surface area contributed by atoms with Gasteiger partial charge >= 0.3 is 0 Å². The summed E-state index contributed by atoms with van der Waals surface area (Å²) in [5.74, 6) is 0. The van der Waals surface area contributed by atoms with Crippen LogP contribution in [0, 0.1) is 0 Å². The number of phosphoric acid groups is 1. The topological polar surface area (TPSA) is 58.6 Å². The van der Waals surface area contributed by atoms with Gasteiger partial charge in [-0.05, 0) is 27.2 Å². The minimum Gasteiger partial charge on any atom is -0.756 e. The van der Waals surface area contributed by atoms with Gasteiger partial charge < -0.3 is 13.9 Å². The monoisotopic (exact) mass is 223 g/mol. The van der Waals surface area contributed by atoms with Gasteiger partial charge in [-0.15, -0.1) is 0 Å². The van der Waals surface area contributed by atoms with Crippen molar-refractivity contribution in [3.05, 3.63) is 0 Å². The molecule has 0 aliphatic carbocycles. The minimum atomic E-state index is -4.10. The molecule has 0 amide bonds. The van der Waals surface area contributed by atoms with Crippen molar-refractivity contribution in [2.45, 2.75) is 52.6 Å². The molecular weight excluding hydrogens is 203 g/mol. The van der Waals surface area contributed by atoms with Crippen molar-refractivity contribution in [2.75, 3.05) is 6.61 Å². The van der Waals surface area contributed by atoms with Crippen LogP contribution in [0.2, 0.25) is 0 Å². The third kappa shape index (κ3) is 8.70. The van der Waals surface area contributed by atoms with E-state index in [-0.39, 0.29) is 6.61 Å². The van der Waals surface area contributed by atoms with E-state index in [9.17, 15) is 9.46 Å². The van der Waals surface area contributed by atoms with Gasteiger partial charge in [-0.1, -0.05) is 19.8 Å². The van der Waals surface area contributed by atoms with Crippen molar-refractivity contribution < 1.29 is 18.5 Å². The van der Waals surface area contributed by atoms with E-state index < -0.39 is 13.4 Å². The van der Waals surface area contributed by atoms with Gasteiger partial charge in [0.05, 0.1) is 12.2 Å². The van der Waals surface area contributed by atoms with E-state index in [1.807, 2.05) is 6.92 Å². The van der Waals surface area contributed by atoms with Crippen molar-refractivity contribution >= 4 is 7.82 Å². The molecule has 0 aliphatic rings. The van der Waals surface area contributed by atoms with Gasteiger partial charge in [0.25, 0.3) is 7.82 Å². The summed E-state index contributed by atoms with van der Waals surface area (Å²) >= 11 is 0. The maximum atomic E-state index is 11.2. The Kier molecular flexibility index (Phi) is 5.91. The lowest BCUT2D eigenvalue weighted by Gasteiger charge is -2.30. The van der Waals surface area contributed by atoms with E-state index in [0.717, 1.165) is 19.3 Å². The van der Waals surface area contributed by atoms with Crippen LogP contribution in [-0.4, -0.2) is 12.2 Å². The van der Waals surface area contributed by atoms with Crippen LogP contribution in [0.5, 0.6) is 0 Å². The van der Waals surface area contributed by atoms with Crippen LogP contribution in [0.3, 0.4) is 0 Å². The van der Waals surface area contributed by atoms with Crippen LogP contribution in [0.1, 0.15) is 47.0 Å². The Morgan fingerprint density at radius 2 is 1.86 bits per heavy atom. The first-order chi connectivity index (χ1) is 6.27. The number of hydrogen-bond donors (Lipinski definition) is 0. The normalized spacial score (nSPS) is 16.6. The quantitative estimate of drug-likeness (QED) is 0.512. The van der Waals surface area contributed by atoms with Crippen molar-refractivity contribution in [1.29, 1.82) is 0 Å². The molecule has 0 fully saturated rings. The molecule has 4 nitrogen and oxygen atoms in total. The molecular formula is C9H20O4P-. The summed E-state index contributed by atoms with van der Waals surface area (Å²) in [4.78, 5) is 11.2. The second kappa shape index (κ2) is 5.86. The maximum absolute atomic E-state index is 11.2. The average molecular weight is 223 g/mol. The first-order valence-corrected chi connectivity index (χ1v) is 6.39. The van der Waals surface area contributed by atoms with Crippen molar-refractivity contribution in [3.63, 3.8) is 0 Å². The lowest BCUT2D eigenvalue weighted by Crippen LogP contribution is -2.22. The summed E-state index contributed by atoms with van der Waals surface area (Å²) in [6.07, 6.45) is 2.75. The molecule has 0 rings (SSSR count). The summed E-state index contributed by atoms with van der Waals surface area (Å²) in [5.41, 5.74) is -0.720. The number of rotatable bonds is 6. The molecule has 1 atom stereocenters. The first kappa shape index (κ1) is 14.1. The lowest BCUT2D eigenvalue weighted by atomic mass is 10.2. The highest BCUT2D eigenvalue weighted by Gasteiger charge is 2.19. The number of unbranched alkanes of at least 4 members (excludes halogenated alkanes) is 2. The molecule has 1 unspecified atom stereocenters. The van der Waals surface area contributed by atoms with E-state index in [1.54, 1.807) is 20.8 Å². The molecule has 0 aromatic rings. The third-order valence-corrected chi connectivity index (χ3v) is 2.65. The van der Waals surface area contributed by atoms with E-state index in [2.05, 4.69) is 4.52 Å². The Balaban J connectivity index is 3.79. The molecule has 0 aromatic heterocycles. The predicted molar refractivity (Wildman–Crippen MR) is 53.9 cm³/mol. The van der Waals surface area contributed by atoms with Crippen LogP contribution >= 0.6 is 7.82 Å². The Bertz CT molecular complexity index is 197. The summed E-state index contributed by atoms with van der Waals surface area (Å²) in [6, 6.07) is 0. The molecule has 0 spiro atoms. The second-order valence-corrected chi connectivity index (χ2v) is 5.53. The minimum absolute atomic E-state index is 0.213. The summed E-state index contributed by atoms with van der Waals surface area (Å²) in [6.45, 7) is 7.28. The highest BCUT2D eigenvalue weighted by molar-refractivity contribution is 7.45. The molecule has 0 heterocycles. The summed E-state index contributed by atoms with van der Waals surface area (Å²) < 4.78 is 20.7. The molecule has 14 heavy (non-hydrogen) atoms. The lowest BCUT2D eigenvalue weighted by molar-refractivity contribution is -0.233. The highest BCUT2D eigenvalue weighted by Crippen LogP contribution is 2.42. The first-order valence-electron chi connectivity index (χ1n) is 4.93. The zero-order valence-corrected chi connectivity index (χ0v) is 10.3. The summed E-state index contributed by atoms with van der Waals surface area (Å²) in [7, 11) is -4.10. The van der Waals surface area contributed by atoms with Crippen molar-refractivity contribution in [2.24, 2.45) is 0 Å². The second-order valence-electron chi connectivity index (χ2n) is 4.19. The molecule has 0 bridgehead atoms. The van der Waals surface area contributed by atoms with Crippen molar-refractivity contribution in [1.82, 2.24) is 0 Å². The van der Waals surface area contributed by atoms with Gasteiger partial charge in [0.2, 0.25) is 0 Å². The fourth-order valence-corrected chi connectivity index (χ4v) is 1.97. The van der Waals surface area contributed by atoms with E-state index in [1.165, 1.54) is 0 Å². The maximum Gasteiger partial charge on any atom is 0.268 e. The molecule has 0 N–H and O–H groups in total. The van der Waals surface area contributed by atoms with Gasteiger partial charge in [-0.25, -0.2) is 0 Å². The van der Waals surface area contributed by atoms with Crippen LogP contribution < -0.4 is 4.89 Å². The fourth-order valence-electron chi connectivity index (χ4n) is 0.890. The van der Waals surface area contributed by atoms with Gasteiger partial charge in [0.15, 0.2) is 0 Å². The zero-order valence-electron chi connectivity index (χ0n) is 9.41.